The van der Waals surface area contributed by atoms with Crippen molar-refractivity contribution in [2.45, 2.75) is 33.2 Å². The van der Waals surface area contributed by atoms with Crippen LogP contribution in [0.15, 0.2) is 48.8 Å². The Hall–Kier alpha value is -3.12. The average molecular weight is 405 g/mol. The Balaban J connectivity index is 1.83. The number of nitrogens with zero attached hydrogens (tertiary/aromatic N) is 3. The monoisotopic (exact) mass is 404 g/mol. The molecule has 2 aromatic carbocycles. The summed E-state index contributed by atoms with van der Waals surface area (Å²) in [7, 11) is 0. The van der Waals surface area contributed by atoms with Crippen molar-refractivity contribution < 1.29 is 9.84 Å². The van der Waals surface area contributed by atoms with Crippen molar-refractivity contribution in [3.63, 3.8) is 0 Å². The van der Waals surface area contributed by atoms with Crippen molar-refractivity contribution in [2.75, 3.05) is 19.6 Å². The summed E-state index contributed by atoms with van der Waals surface area (Å²) in [6.45, 7) is 9.88. The average Bonchev–Trinajstić information content (AvgIpc) is 2.75. The van der Waals surface area contributed by atoms with E-state index in [0.717, 1.165) is 36.3 Å². The van der Waals surface area contributed by atoms with Crippen molar-refractivity contribution in [2.24, 2.45) is 0 Å². The molecule has 2 heterocycles. The van der Waals surface area contributed by atoms with Gasteiger partial charge in [0.2, 0.25) is 5.88 Å². The zero-order valence-electron chi connectivity index (χ0n) is 17.7. The van der Waals surface area contributed by atoms with Crippen LogP contribution in [-0.2, 0) is 6.54 Å². The molecule has 0 spiro atoms. The number of rotatable bonds is 6. The minimum absolute atomic E-state index is 0.149. The molecule has 1 aromatic heterocycles. The van der Waals surface area contributed by atoms with Gasteiger partial charge < -0.3 is 19.3 Å². The Morgan fingerprint density at radius 2 is 1.87 bits per heavy atom. The Morgan fingerprint density at radius 1 is 1.13 bits per heavy atom. The van der Waals surface area contributed by atoms with Crippen LogP contribution in [0.2, 0.25) is 0 Å². The number of ether oxygens (including phenoxy) is 1. The maximum atomic E-state index is 9.95. The van der Waals surface area contributed by atoms with Crippen LogP contribution in [0, 0.1) is 12.3 Å². The second kappa shape index (κ2) is 8.32. The number of phenols is 1. The maximum Gasteiger partial charge on any atom is 0.228 e. The fourth-order valence-corrected chi connectivity index (χ4v) is 4.02. The summed E-state index contributed by atoms with van der Waals surface area (Å²) in [5, 5.41) is 18.9. The van der Waals surface area contributed by atoms with Gasteiger partial charge in [0.1, 0.15) is 23.3 Å². The second-order valence-corrected chi connectivity index (χ2v) is 7.70. The van der Waals surface area contributed by atoms with E-state index in [9.17, 15) is 5.11 Å². The van der Waals surface area contributed by atoms with E-state index in [0.29, 0.717) is 23.7 Å². The van der Waals surface area contributed by atoms with Crippen LogP contribution in [-0.4, -0.2) is 39.2 Å². The minimum atomic E-state index is -0.175. The van der Waals surface area contributed by atoms with E-state index < -0.39 is 0 Å². The number of phenolic OH excluding ortho intramolecular Hbond substituents is 1. The van der Waals surface area contributed by atoms with Gasteiger partial charge in [0.15, 0.2) is 0 Å². The maximum absolute atomic E-state index is 9.95. The summed E-state index contributed by atoms with van der Waals surface area (Å²) in [5.41, 5.74) is 4.37. The number of aryl methyl sites for hydroxylation is 1. The lowest BCUT2D eigenvalue weighted by atomic mass is 9.83. The lowest BCUT2D eigenvalue weighted by molar-refractivity contribution is 0.286. The molecule has 0 radical (unpaired) electrons. The van der Waals surface area contributed by atoms with Crippen LogP contribution < -0.4 is 10.2 Å². The highest BCUT2D eigenvalue weighted by atomic mass is 16.5. The summed E-state index contributed by atoms with van der Waals surface area (Å²) in [4.78, 5) is 6.88. The van der Waals surface area contributed by atoms with E-state index in [4.69, 9.17) is 10.1 Å². The molecule has 0 fully saturated rings. The molecule has 2 N–H and O–H groups in total. The number of hydrogen-bond acceptors (Lipinski definition) is 5. The molecule has 1 aliphatic heterocycles. The van der Waals surface area contributed by atoms with Crippen LogP contribution in [0.5, 0.6) is 17.4 Å². The molecule has 1 atom stereocenters. The molecule has 0 saturated carbocycles. The first kappa shape index (κ1) is 20.2. The van der Waals surface area contributed by atoms with E-state index in [1.165, 1.54) is 5.56 Å². The molecule has 0 unspecified atom stereocenters. The van der Waals surface area contributed by atoms with E-state index in [1.807, 2.05) is 10.6 Å². The smallest absolute Gasteiger partial charge is 0.228 e. The first-order valence-corrected chi connectivity index (χ1v) is 10.5. The highest BCUT2D eigenvalue weighted by molar-refractivity contribution is 5.57. The molecule has 156 valence electrons. The van der Waals surface area contributed by atoms with Gasteiger partial charge in [0.05, 0.1) is 5.56 Å². The molecule has 0 bridgehead atoms. The minimum Gasteiger partial charge on any atom is -0.508 e. The highest BCUT2D eigenvalue weighted by Crippen LogP contribution is 2.45. The third kappa shape index (κ3) is 3.71. The summed E-state index contributed by atoms with van der Waals surface area (Å²) in [6, 6.07) is 13.5. The zero-order valence-corrected chi connectivity index (χ0v) is 17.7. The van der Waals surface area contributed by atoms with Crippen LogP contribution in [0.25, 0.3) is 0 Å². The topological polar surface area (TPSA) is 74.4 Å². The molecule has 3 aromatic rings. The SMILES string of the molecule is CCN(CC)CCn1cnc2c(c1=N)[C@H](c1ccc(C)cc1)c1ccc(O)cc1O2. The van der Waals surface area contributed by atoms with Gasteiger partial charge in [0, 0.05) is 30.6 Å². The Kier molecular flexibility index (Phi) is 5.59. The lowest BCUT2D eigenvalue weighted by Crippen LogP contribution is -2.34. The third-order valence-corrected chi connectivity index (χ3v) is 5.85. The van der Waals surface area contributed by atoms with E-state index in [1.54, 1.807) is 18.5 Å². The van der Waals surface area contributed by atoms with Gasteiger partial charge in [-0.15, -0.1) is 0 Å². The predicted molar refractivity (Wildman–Crippen MR) is 116 cm³/mol. The number of aromatic hydroxyl groups is 1. The van der Waals surface area contributed by atoms with Gasteiger partial charge in [-0.1, -0.05) is 49.7 Å². The molecule has 4 rings (SSSR count). The Labute approximate surface area is 176 Å². The molecule has 6 heteroatoms. The lowest BCUT2D eigenvalue weighted by Gasteiger charge is -2.29. The Morgan fingerprint density at radius 3 is 2.57 bits per heavy atom. The van der Waals surface area contributed by atoms with Crippen molar-refractivity contribution >= 4 is 0 Å². The standard InChI is InChI=1S/C24H28N4O2/c1-4-27(5-2)12-13-28-15-26-24-22(23(28)25)21(17-8-6-16(3)7-9-17)19-11-10-18(29)14-20(19)30-24/h6-11,14-15,21,25,29H,4-5,12-13H2,1-3H3/t21-/m1/s1. The first-order chi connectivity index (χ1) is 14.5. The van der Waals surface area contributed by atoms with E-state index in [-0.39, 0.29) is 11.7 Å². The number of nitrogens with one attached hydrogen (secondary N) is 1. The van der Waals surface area contributed by atoms with Crippen LogP contribution in [0.3, 0.4) is 0 Å². The number of hydrogen-bond donors (Lipinski definition) is 2. The number of benzene rings is 2. The van der Waals surface area contributed by atoms with E-state index >= 15 is 0 Å². The van der Waals surface area contributed by atoms with Crippen LogP contribution in [0.4, 0.5) is 0 Å². The predicted octanol–water partition coefficient (Wildman–Crippen LogP) is 4.00. The highest BCUT2D eigenvalue weighted by Gasteiger charge is 2.32. The molecule has 30 heavy (non-hydrogen) atoms. The third-order valence-electron chi connectivity index (χ3n) is 5.85. The molecule has 0 amide bonds. The summed E-state index contributed by atoms with van der Waals surface area (Å²) in [5.74, 6) is 0.991. The van der Waals surface area contributed by atoms with Crippen molar-refractivity contribution in [3.8, 4) is 17.4 Å². The molecule has 0 aliphatic carbocycles. The van der Waals surface area contributed by atoms with Crippen molar-refractivity contribution in [1.29, 1.82) is 5.41 Å². The molecule has 0 saturated heterocycles. The normalized spacial score (nSPS) is 14.9. The first-order valence-electron chi connectivity index (χ1n) is 10.5. The van der Waals surface area contributed by atoms with Crippen molar-refractivity contribution in [3.05, 3.63) is 76.5 Å². The summed E-state index contributed by atoms with van der Waals surface area (Å²) in [6.07, 6.45) is 1.69. The van der Waals surface area contributed by atoms with Crippen LogP contribution >= 0.6 is 0 Å². The fourth-order valence-electron chi connectivity index (χ4n) is 4.02. The number of aromatic nitrogens is 2. The van der Waals surface area contributed by atoms with Crippen molar-refractivity contribution in [1.82, 2.24) is 14.5 Å². The quantitative estimate of drug-likeness (QED) is 0.509. The van der Waals surface area contributed by atoms with Gasteiger partial charge in [0.25, 0.3) is 0 Å². The molecule has 6 nitrogen and oxygen atoms in total. The number of likely N-dealkylation sites (N-methyl/N-ethyl adjacent to an activating group) is 1. The van der Waals surface area contributed by atoms with Gasteiger partial charge in [-0.2, -0.15) is 0 Å². The summed E-state index contributed by atoms with van der Waals surface area (Å²) >= 11 is 0. The summed E-state index contributed by atoms with van der Waals surface area (Å²) < 4.78 is 7.92. The Bertz CT molecular complexity index is 1100. The zero-order chi connectivity index (χ0) is 21.3. The van der Waals surface area contributed by atoms with Gasteiger partial charge in [-0.25, -0.2) is 4.98 Å². The second-order valence-electron chi connectivity index (χ2n) is 7.70. The molecular formula is C24H28N4O2. The van der Waals surface area contributed by atoms with Gasteiger partial charge >= 0.3 is 0 Å². The van der Waals surface area contributed by atoms with Crippen LogP contribution in [0.1, 0.15) is 42.0 Å². The van der Waals surface area contributed by atoms with E-state index in [2.05, 4.69) is 54.9 Å². The van der Waals surface area contributed by atoms with Gasteiger partial charge in [-0.3, -0.25) is 5.41 Å². The number of fused-ring (bicyclic) bond motifs is 2. The molecule has 1 aliphatic rings. The molecular weight excluding hydrogens is 376 g/mol. The van der Waals surface area contributed by atoms with Gasteiger partial charge in [-0.05, 0) is 31.6 Å². The fraction of sp³-hybridized carbons (Fsp3) is 0.333. The largest absolute Gasteiger partial charge is 0.508 e.